The Morgan fingerprint density at radius 2 is 1.57 bits per heavy atom. The zero-order valence-corrected chi connectivity index (χ0v) is 24.0. The summed E-state index contributed by atoms with van der Waals surface area (Å²) in [5.41, 5.74) is 4.98. The Morgan fingerprint density at radius 3 is 2.20 bits per heavy atom. The molecule has 3 N–H and O–H groups in total. The summed E-state index contributed by atoms with van der Waals surface area (Å²) in [5.74, 6) is -2.10. The van der Waals surface area contributed by atoms with Crippen molar-refractivity contribution in [1.29, 1.82) is 0 Å². The highest BCUT2D eigenvalue weighted by atomic mass is 32.1. The molecule has 0 saturated carbocycles. The number of nitrogens with two attached hydrogens (primary N) is 1. The highest BCUT2D eigenvalue weighted by Gasteiger charge is 2.51. The summed E-state index contributed by atoms with van der Waals surface area (Å²) in [6.45, 7) is 4.19. The van der Waals surface area contributed by atoms with E-state index < -0.39 is 52.9 Å². The number of anilines is 1. The van der Waals surface area contributed by atoms with Gasteiger partial charge in [0.1, 0.15) is 17.4 Å². The summed E-state index contributed by atoms with van der Waals surface area (Å²) in [4.78, 5) is 67.3. The summed E-state index contributed by atoms with van der Waals surface area (Å²) in [7, 11) is 0. The first-order valence-corrected chi connectivity index (χ1v) is 14.5. The van der Waals surface area contributed by atoms with Crippen molar-refractivity contribution in [2.24, 2.45) is 0 Å². The van der Waals surface area contributed by atoms with Crippen LogP contribution >= 0.6 is 11.3 Å². The lowest BCUT2D eigenvalue weighted by Gasteiger charge is -2.23. The number of aromatic amines is 1. The molecule has 3 rings (SSSR count). The van der Waals surface area contributed by atoms with E-state index in [0.717, 1.165) is 30.8 Å². The van der Waals surface area contributed by atoms with Crippen LogP contribution in [0.3, 0.4) is 0 Å². The van der Waals surface area contributed by atoms with Gasteiger partial charge in [-0.15, -0.1) is 0 Å². The lowest BCUT2D eigenvalue weighted by Crippen LogP contribution is -2.41. The lowest BCUT2D eigenvalue weighted by atomic mass is 10.1. The Labute approximate surface area is 235 Å². The summed E-state index contributed by atoms with van der Waals surface area (Å²) in [6.07, 6.45) is 5.31. The molecule has 1 aliphatic heterocycles. The molecule has 40 heavy (non-hydrogen) atoms. The number of thiazole rings is 1. The number of fused-ring (bicyclic) bond motifs is 1. The molecule has 1 fully saturated rings. The first kappa shape index (κ1) is 31.3. The van der Waals surface area contributed by atoms with Crippen LogP contribution in [0.1, 0.15) is 91.2 Å². The van der Waals surface area contributed by atoms with Crippen LogP contribution in [0.5, 0.6) is 0 Å². The van der Waals surface area contributed by atoms with E-state index in [2.05, 4.69) is 16.9 Å². The summed E-state index contributed by atoms with van der Waals surface area (Å²) in [5, 5.41) is 0. The number of aromatic nitrogens is 3. The van der Waals surface area contributed by atoms with Gasteiger partial charge in [0, 0.05) is 20.3 Å². The molecule has 222 valence electrons. The Bertz CT molecular complexity index is 1290. The first-order chi connectivity index (χ1) is 19.1. The molecule has 13 nitrogen and oxygen atoms in total. The zero-order chi connectivity index (χ0) is 29.2. The average molecular weight is 583 g/mol. The third-order valence-electron chi connectivity index (χ3n) is 6.53. The fourth-order valence-corrected chi connectivity index (χ4v) is 5.54. The molecular formula is C26H38N4O9S. The van der Waals surface area contributed by atoms with Gasteiger partial charge >= 0.3 is 22.8 Å². The zero-order valence-electron chi connectivity index (χ0n) is 23.1. The van der Waals surface area contributed by atoms with E-state index in [1.54, 1.807) is 0 Å². The predicted octanol–water partition coefficient (Wildman–Crippen LogP) is 2.95. The molecule has 1 aliphatic rings. The molecule has 14 heteroatoms. The van der Waals surface area contributed by atoms with Gasteiger partial charge in [-0.05, 0) is 6.42 Å². The smallest absolute Gasteiger partial charge is 0.311 e. The number of carbonyl (C=O) groups excluding carboxylic acids is 3. The van der Waals surface area contributed by atoms with E-state index in [-0.39, 0.29) is 29.3 Å². The van der Waals surface area contributed by atoms with Crippen LogP contribution in [0.25, 0.3) is 10.3 Å². The monoisotopic (exact) mass is 582 g/mol. The van der Waals surface area contributed by atoms with E-state index in [4.69, 9.17) is 24.7 Å². The van der Waals surface area contributed by atoms with Crippen molar-refractivity contribution < 1.29 is 33.3 Å². The molecule has 0 amide bonds. The van der Waals surface area contributed by atoms with E-state index in [1.807, 2.05) is 0 Å². The number of hydrogen-bond donors (Lipinski definition) is 2. The molecule has 1 unspecified atom stereocenters. The Balaban J connectivity index is 1.68. The van der Waals surface area contributed by atoms with Gasteiger partial charge < -0.3 is 24.7 Å². The number of nitrogens with one attached hydrogen (secondary N) is 1. The number of esters is 3. The largest absolute Gasteiger partial charge is 0.463 e. The normalized spacial score (nSPS) is 20.5. The maximum atomic E-state index is 12.9. The quantitative estimate of drug-likeness (QED) is 0.179. The van der Waals surface area contributed by atoms with Crippen molar-refractivity contribution in [3.63, 3.8) is 0 Å². The number of unbranched alkanes of at least 4 members (excludes halogenated alkanes) is 8. The van der Waals surface area contributed by atoms with E-state index in [0.29, 0.717) is 17.8 Å². The minimum atomic E-state index is -1.33. The molecule has 1 saturated heterocycles. The molecule has 0 spiro atoms. The van der Waals surface area contributed by atoms with E-state index in [9.17, 15) is 24.0 Å². The van der Waals surface area contributed by atoms with Crippen LogP contribution in [0.15, 0.2) is 9.59 Å². The molecule has 0 radical (unpaired) electrons. The van der Waals surface area contributed by atoms with E-state index >= 15 is 0 Å². The third-order valence-corrected chi connectivity index (χ3v) is 7.47. The molecule has 2 aromatic rings. The standard InChI is InChI=1S/C26H38N4O9S/c1-4-5-6-7-8-9-10-11-12-13-18(33)36-14-17-19(37-15(2)31)20(38-16(3)32)24(39-17)30-22-21(40-26(30)35)23(34)29-25(27)28-22/h17,19-20,24H,4-14H2,1-3H3,(H3,27,28,29,34)/t17-,19-,20?,24-/m1/s1. The number of nitrogens with zero attached hydrogens (tertiary/aromatic N) is 2. The number of H-pyrrole nitrogens is 1. The molecule has 4 atom stereocenters. The van der Waals surface area contributed by atoms with Gasteiger partial charge in [0.2, 0.25) is 5.95 Å². The molecule has 3 heterocycles. The van der Waals surface area contributed by atoms with Crippen LogP contribution in [-0.2, 0) is 33.3 Å². The lowest BCUT2D eigenvalue weighted by molar-refractivity contribution is -0.166. The highest BCUT2D eigenvalue weighted by Crippen LogP contribution is 2.35. The summed E-state index contributed by atoms with van der Waals surface area (Å²) >= 11 is 0.608. The topological polar surface area (TPSA) is 182 Å². The summed E-state index contributed by atoms with van der Waals surface area (Å²) < 4.78 is 23.2. The third kappa shape index (κ3) is 8.37. The second kappa shape index (κ2) is 14.9. The van der Waals surface area contributed by atoms with Gasteiger partial charge in [-0.25, -0.2) is 0 Å². The van der Waals surface area contributed by atoms with Gasteiger partial charge in [-0.1, -0.05) is 69.6 Å². The minimum Gasteiger partial charge on any atom is -0.463 e. The molecule has 0 bridgehead atoms. The summed E-state index contributed by atoms with van der Waals surface area (Å²) in [6, 6.07) is 0. The fraction of sp³-hybridized carbons (Fsp3) is 0.692. The number of rotatable bonds is 15. The second-order valence-electron chi connectivity index (χ2n) is 9.82. The van der Waals surface area contributed by atoms with Crippen molar-refractivity contribution in [1.82, 2.24) is 14.5 Å². The molecule has 2 aromatic heterocycles. The van der Waals surface area contributed by atoms with Crippen molar-refractivity contribution in [3.05, 3.63) is 20.0 Å². The van der Waals surface area contributed by atoms with Gasteiger partial charge in [-0.2, -0.15) is 4.98 Å². The van der Waals surface area contributed by atoms with Crippen molar-refractivity contribution in [2.45, 2.75) is 110 Å². The first-order valence-electron chi connectivity index (χ1n) is 13.7. The van der Waals surface area contributed by atoms with Crippen molar-refractivity contribution in [2.75, 3.05) is 12.3 Å². The predicted molar refractivity (Wildman–Crippen MR) is 147 cm³/mol. The number of ether oxygens (including phenoxy) is 4. The van der Waals surface area contributed by atoms with Crippen molar-refractivity contribution >= 4 is 45.5 Å². The van der Waals surface area contributed by atoms with Gasteiger partial charge in [-0.3, -0.25) is 33.5 Å². The van der Waals surface area contributed by atoms with Crippen LogP contribution in [0.4, 0.5) is 5.95 Å². The number of hydrogen-bond acceptors (Lipinski definition) is 12. The Kier molecular flexibility index (Phi) is 11.7. The SMILES string of the molecule is CCCCCCCCCCCC(=O)OC[C@H]1O[C@@H](n2c(=O)sc3c(=O)[nH]c(N)nc32)C(OC(C)=O)[C@@H]1OC(C)=O. The molecule has 0 aromatic carbocycles. The van der Waals surface area contributed by atoms with Gasteiger partial charge in [0.05, 0.1) is 0 Å². The van der Waals surface area contributed by atoms with Crippen molar-refractivity contribution in [3.8, 4) is 0 Å². The number of carbonyl (C=O) groups is 3. The van der Waals surface area contributed by atoms with Crippen LogP contribution in [0, 0.1) is 0 Å². The molecular weight excluding hydrogens is 544 g/mol. The van der Waals surface area contributed by atoms with Crippen LogP contribution in [0.2, 0.25) is 0 Å². The Hall–Kier alpha value is -3.26. The number of nitrogen functional groups attached to an aromatic ring is 1. The maximum Gasteiger partial charge on any atom is 0.311 e. The average Bonchev–Trinajstić information content (AvgIpc) is 3.37. The maximum absolute atomic E-state index is 12.9. The Morgan fingerprint density at radius 1 is 0.975 bits per heavy atom. The van der Waals surface area contributed by atoms with Crippen LogP contribution < -0.4 is 16.2 Å². The van der Waals surface area contributed by atoms with Gasteiger partial charge in [0.25, 0.3) is 5.56 Å². The van der Waals surface area contributed by atoms with Crippen LogP contribution in [-0.4, -0.2) is 57.4 Å². The van der Waals surface area contributed by atoms with E-state index in [1.165, 1.54) is 39.0 Å². The van der Waals surface area contributed by atoms with Gasteiger partial charge in [0.15, 0.2) is 24.1 Å². The second-order valence-corrected chi connectivity index (χ2v) is 10.8. The highest BCUT2D eigenvalue weighted by molar-refractivity contribution is 7.16. The fourth-order valence-electron chi connectivity index (χ4n) is 4.70. The molecule has 0 aliphatic carbocycles. The minimum absolute atomic E-state index is 0.00996.